The lowest BCUT2D eigenvalue weighted by atomic mass is 10.1. The molecule has 0 saturated carbocycles. The Hall–Kier alpha value is -2.30. The van der Waals surface area contributed by atoms with Crippen molar-refractivity contribution in [3.05, 3.63) is 65.2 Å². The quantitative estimate of drug-likeness (QED) is 0.903. The fraction of sp³-hybridized carbons (Fsp3) is 0.188. The number of halogens is 3. The van der Waals surface area contributed by atoms with Gasteiger partial charge in [0.1, 0.15) is 0 Å². The highest BCUT2D eigenvalue weighted by Crippen LogP contribution is 2.29. The molecule has 0 aromatic heterocycles. The molecule has 2 rings (SSSR count). The first-order valence-electron chi connectivity index (χ1n) is 6.37. The zero-order valence-electron chi connectivity index (χ0n) is 11.4. The van der Waals surface area contributed by atoms with Gasteiger partial charge in [-0.15, -0.1) is 0 Å². The Morgan fingerprint density at radius 1 is 1.10 bits per heavy atom. The molecule has 0 aliphatic carbocycles. The van der Waals surface area contributed by atoms with E-state index >= 15 is 0 Å². The first-order chi connectivity index (χ1) is 9.84. The van der Waals surface area contributed by atoms with Crippen LogP contribution in [0.2, 0.25) is 0 Å². The number of alkyl halides is 3. The minimum absolute atomic E-state index is 0.0994. The molecular formula is C16H14F3NO. The van der Waals surface area contributed by atoms with E-state index < -0.39 is 11.7 Å². The Kier molecular flexibility index (Phi) is 4.31. The topological polar surface area (TPSA) is 29.1 Å². The predicted molar refractivity (Wildman–Crippen MR) is 75.0 cm³/mol. The SMILES string of the molecule is Cc1ccc(NC(=O)Cc2cccc(C(F)(F)F)c2)cc1. The van der Waals surface area contributed by atoms with Crippen LogP contribution < -0.4 is 5.32 Å². The smallest absolute Gasteiger partial charge is 0.326 e. The fourth-order valence-corrected chi connectivity index (χ4v) is 1.89. The lowest BCUT2D eigenvalue weighted by Gasteiger charge is -2.09. The monoisotopic (exact) mass is 293 g/mol. The first-order valence-corrected chi connectivity index (χ1v) is 6.37. The molecule has 0 heterocycles. The Bertz CT molecular complexity index is 633. The average Bonchev–Trinajstić information content (AvgIpc) is 2.41. The summed E-state index contributed by atoms with van der Waals surface area (Å²) in [5.74, 6) is -0.349. The van der Waals surface area contributed by atoms with Crippen LogP contribution in [0, 0.1) is 6.92 Å². The van der Waals surface area contributed by atoms with Crippen molar-refractivity contribution in [1.29, 1.82) is 0 Å². The van der Waals surface area contributed by atoms with E-state index in [0.29, 0.717) is 11.3 Å². The number of carbonyl (C=O) groups excluding carboxylic acids is 1. The van der Waals surface area contributed by atoms with Crippen molar-refractivity contribution in [3.63, 3.8) is 0 Å². The summed E-state index contributed by atoms with van der Waals surface area (Å²) in [6.07, 6.45) is -4.50. The Balaban J connectivity index is 2.04. The molecule has 0 fully saturated rings. The summed E-state index contributed by atoms with van der Waals surface area (Å²) in [5, 5.41) is 2.66. The van der Waals surface area contributed by atoms with Crippen LogP contribution in [0.15, 0.2) is 48.5 Å². The van der Waals surface area contributed by atoms with Crippen LogP contribution in [0.1, 0.15) is 16.7 Å². The number of rotatable bonds is 3. The number of hydrogen-bond donors (Lipinski definition) is 1. The summed E-state index contributed by atoms with van der Waals surface area (Å²) in [6.45, 7) is 1.92. The molecule has 0 aliphatic rings. The number of anilines is 1. The summed E-state index contributed by atoms with van der Waals surface area (Å²) in [6, 6.07) is 12.0. The summed E-state index contributed by atoms with van der Waals surface area (Å²) >= 11 is 0. The zero-order valence-corrected chi connectivity index (χ0v) is 11.4. The molecule has 0 atom stereocenters. The van der Waals surface area contributed by atoms with Crippen LogP contribution in [0.5, 0.6) is 0 Å². The van der Waals surface area contributed by atoms with Gasteiger partial charge in [-0.2, -0.15) is 13.2 Å². The van der Waals surface area contributed by atoms with E-state index in [4.69, 9.17) is 0 Å². The van der Waals surface area contributed by atoms with Gasteiger partial charge in [-0.25, -0.2) is 0 Å². The van der Waals surface area contributed by atoms with Gasteiger partial charge in [0.25, 0.3) is 0 Å². The summed E-state index contributed by atoms with van der Waals surface area (Å²) in [7, 11) is 0. The molecule has 0 aliphatic heterocycles. The van der Waals surface area contributed by atoms with E-state index in [2.05, 4.69) is 5.32 Å². The number of nitrogens with one attached hydrogen (secondary N) is 1. The lowest BCUT2D eigenvalue weighted by Crippen LogP contribution is -2.15. The van der Waals surface area contributed by atoms with Gasteiger partial charge < -0.3 is 5.32 Å². The van der Waals surface area contributed by atoms with Crippen LogP contribution in [-0.4, -0.2) is 5.91 Å². The van der Waals surface area contributed by atoms with E-state index in [1.807, 2.05) is 19.1 Å². The lowest BCUT2D eigenvalue weighted by molar-refractivity contribution is -0.137. The maximum absolute atomic E-state index is 12.6. The minimum Gasteiger partial charge on any atom is -0.326 e. The molecule has 0 saturated heterocycles. The summed E-state index contributed by atoms with van der Waals surface area (Å²) in [4.78, 5) is 11.8. The van der Waals surface area contributed by atoms with Crippen LogP contribution in [-0.2, 0) is 17.4 Å². The van der Waals surface area contributed by atoms with E-state index in [0.717, 1.165) is 17.7 Å². The first kappa shape index (κ1) is 15.1. The highest BCUT2D eigenvalue weighted by Gasteiger charge is 2.30. The second-order valence-electron chi connectivity index (χ2n) is 4.79. The van der Waals surface area contributed by atoms with Crippen molar-refractivity contribution in [3.8, 4) is 0 Å². The molecule has 110 valence electrons. The molecule has 5 heteroatoms. The van der Waals surface area contributed by atoms with Gasteiger partial charge in [0.2, 0.25) is 5.91 Å². The number of carbonyl (C=O) groups is 1. The van der Waals surface area contributed by atoms with Crippen LogP contribution in [0.3, 0.4) is 0 Å². The van der Waals surface area contributed by atoms with Gasteiger partial charge in [0, 0.05) is 5.69 Å². The van der Waals surface area contributed by atoms with Crippen molar-refractivity contribution in [1.82, 2.24) is 0 Å². The molecule has 2 nitrogen and oxygen atoms in total. The third-order valence-corrected chi connectivity index (χ3v) is 2.95. The van der Waals surface area contributed by atoms with Crippen molar-refractivity contribution in [2.24, 2.45) is 0 Å². The second-order valence-corrected chi connectivity index (χ2v) is 4.79. The third-order valence-electron chi connectivity index (χ3n) is 2.95. The highest BCUT2D eigenvalue weighted by molar-refractivity contribution is 5.92. The van der Waals surface area contributed by atoms with Gasteiger partial charge in [-0.1, -0.05) is 35.9 Å². The molecule has 1 N–H and O–H groups in total. The molecule has 2 aromatic rings. The molecule has 21 heavy (non-hydrogen) atoms. The zero-order chi connectivity index (χ0) is 15.5. The van der Waals surface area contributed by atoms with E-state index in [1.165, 1.54) is 12.1 Å². The number of benzene rings is 2. The van der Waals surface area contributed by atoms with E-state index in [9.17, 15) is 18.0 Å². The standard InChI is InChI=1S/C16H14F3NO/c1-11-5-7-14(8-6-11)20-15(21)10-12-3-2-4-13(9-12)16(17,18)19/h2-9H,10H2,1H3,(H,20,21). The Morgan fingerprint density at radius 2 is 1.76 bits per heavy atom. The van der Waals surface area contributed by atoms with Gasteiger partial charge in [-0.05, 0) is 30.7 Å². The van der Waals surface area contributed by atoms with Crippen LogP contribution in [0.25, 0.3) is 0 Å². The minimum atomic E-state index is -4.40. The predicted octanol–water partition coefficient (Wildman–Crippen LogP) is 4.20. The van der Waals surface area contributed by atoms with Crippen molar-refractivity contribution >= 4 is 11.6 Å². The maximum atomic E-state index is 12.6. The molecule has 0 bridgehead atoms. The van der Waals surface area contributed by atoms with Crippen molar-refractivity contribution in [2.75, 3.05) is 5.32 Å². The van der Waals surface area contributed by atoms with Crippen molar-refractivity contribution in [2.45, 2.75) is 19.5 Å². The number of hydrogen-bond acceptors (Lipinski definition) is 1. The van der Waals surface area contributed by atoms with Gasteiger partial charge in [0.05, 0.1) is 12.0 Å². The molecule has 0 spiro atoms. The second kappa shape index (κ2) is 5.99. The molecule has 2 aromatic carbocycles. The average molecular weight is 293 g/mol. The Labute approximate surface area is 120 Å². The van der Waals surface area contributed by atoms with Gasteiger partial charge in [-0.3, -0.25) is 4.79 Å². The third kappa shape index (κ3) is 4.34. The van der Waals surface area contributed by atoms with E-state index in [1.54, 1.807) is 12.1 Å². The number of amides is 1. The van der Waals surface area contributed by atoms with Gasteiger partial charge >= 0.3 is 6.18 Å². The molecule has 1 amide bonds. The molecule has 0 unspecified atom stereocenters. The van der Waals surface area contributed by atoms with E-state index in [-0.39, 0.29) is 12.3 Å². The normalized spacial score (nSPS) is 11.2. The summed E-state index contributed by atoms with van der Waals surface area (Å²) in [5.41, 5.74) is 1.26. The van der Waals surface area contributed by atoms with Crippen LogP contribution >= 0.6 is 0 Å². The van der Waals surface area contributed by atoms with Crippen molar-refractivity contribution < 1.29 is 18.0 Å². The summed E-state index contributed by atoms with van der Waals surface area (Å²) < 4.78 is 37.8. The maximum Gasteiger partial charge on any atom is 0.416 e. The molecule has 0 radical (unpaired) electrons. The van der Waals surface area contributed by atoms with Crippen LogP contribution in [0.4, 0.5) is 18.9 Å². The van der Waals surface area contributed by atoms with Gasteiger partial charge in [0.15, 0.2) is 0 Å². The number of aryl methyl sites for hydroxylation is 1. The largest absolute Gasteiger partial charge is 0.416 e. The fourth-order valence-electron chi connectivity index (χ4n) is 1.89. The molecular weight excluding hydrogens is 279 g/mol. The Morgan fingerprint density at radius 3 is 2.38 bits per heavy atom. The highest BCUT2D eigenvalue weighted by atomic mass is 19.4.